The Morgan fingerprint density at radius 2 is 2.32 bits per heavy atom. The van der Waals surface area contributed by atoms with Gasteiger partial charge in [-0.3, -0.25) is 4.79 Å². The van der Waals surface area contributed by atoms with Crippen molar-refractivity contribution in [2.24, 2.45) is 0 Å². The lowest BCUT2D eigenvalue weighted by molar-refractivity contribution is -0.137. The Morgan fingerprint density at radius 3 is 2.95 bits per heavy atom. The fraction of sp³-hybridized carbons (Fsp3) is 0.455. The summed E-state index contributed by atoms with van der Waals surface area (Å²) in [6.45, 7) is 0.191. The second-order valence-electron chi connectivity index (χ2n) is 4.30. The SMILES string of the molecule is O=C(O)CC1CCCN1S(=O)(=O)c1ncccc1F. The molecule has 0 radical (unpaired) electrons. The molecule has 1 aliphatic heterocycles. The van der Waals surface area contributed by atoms with E-state index in [9.17, 15) is 17.6 Å². The van der Waals surface area contributed by atoms with Gasteiger partial charge < -0.3 is 5.11 Å². The second kappa shape index (κ2) is 5.22. The molecule has 1 fully saturated rings. The van der Waals surface area contributed by atoms with E-state index in [1.54, 1.807) is 0 Å². The van der Waals surface area contributed by atoms with Crippen molar-refractivity contribution in [1.82, 2.24) is 9.29 Å². The van der Waals surface area contributed by atoms with E-state index in [1.165, 1.54) is 12.3 Å². The highest BCUT2D eigenvalue weighted by Crippen LogP contribution is 2.27. The van der Waals surface area contributed by atoms with Gasteiger partial charge in [0.05, 0.1) is 6.42 Å². The number of hydrogen-bond donors (Lipinski definition) is 1. The first-order chi connectivity index (χ1) is 8.93. The molecule has 1 N–H and O–H groups in total. The predicted molar refractivity (Wildman–Crippen MR) is 63.4 cm³/mol. The molecule has 0 spiro atoms. The number of aromatic nitrogens is 1. The standard InChI is InChI=1S/C11H13FN2O4S/c12-9-4-1-5-13-11(9)19(17,18)14-6-2-3-8(14)7-10(15)16/h1,4-5,8H,2-3,6-7H2,(H,15,16). The molecule has 0 aromatic carbocycles. The molecular formula is C11H13FN2O4S. The van der Waals surface area contributed by atoms with Crippen LogP contribution in [-0.2, 0) is 14.8 Å². The van der Waals surface area contributed by atoms with Gasteiger partial charge >= 0.3 is 5.97 Å². The Kier molecular flexibility index (Phi) is 3.81. The molecular weight excluding hydrogens is 275 g/mol. The third kappa shape index (κ3) is 2.74. The van der Waals surface area contributed by atoms with Crippen molar-refractivity contribution < 1.29 is 22.7 Å². The summed E-state index contributed by atoms with van der Waals surface area (Å²) >= 11 is 0. The van der Waals surface area contributed by atoms with Crippen LogP contribution in [0.5, 0.6) is 0 Å². The molecule has 8 heteroatoms. The van der Waals surface area contributed by atoms with E-state index in [1.807, 2.05) is 0 Å². The zero-order chi connectivity index (χ0) is 14.0. The van der Waals surface area contributed by atoms with Gasteiger partial charge in [-0.05, 0) is 25.0 Å². The van der Waals surface area contributed by atoms with Crippen molar-refractivity contribution in [2.45, 2.75) is 30.3 Å². The highest BCUT2D eigenvalue weighted by Gasteiger charge is 2.38. The number of nitrogens with zero attached hydrogens (tertiary/aromatic N) is 2. The van der Waals surface area contributed by atoms with E-state index in [2.05, 4.69) is 4.98 Å². The summed E-state index contributed by atoms with van der Waals surface area (Å²) in [6, 6.07) is 1.68. The molecule has 0 saturated carbocycles. The van der Waals surface area contributed by atoms with Crippen LogP contribution in [-0.4, -0.2) is 41.4 Å². The Bertz CT molecular complexity index is 590. The molecule has 1 saturated heterocycles. The number of carboxylic acid groups (broad SMARTS) is 1. The first-order valence-electron chi connectivity index (χ1n) is 5.77. The van der Waals surface area contributed by atoms with Gasteiger partial charge in [-0.2, -0.15) is 4.31 Å². The number of halogens is 1. The van der Waals surface area contributed by atoms with E-state index in [0.29, 0.717) is 12.8 Å². The Hall–Kier alpha value is -1.54. The lowest BCUT2D eigenvalue weighted by atomic mass is 10.2. The van der Waals surface area contributed by atoms with Gasteiger partial charge in [-0.15, -0.1) is 0 Å². The van der Waals surface area contributed by atoms with Crippen LogP contribution in [0.15, 0.2) is 23.4 Å². The topological polar surface area (TPSA) is 87.6 Å². The summed E-state index contributed by atoms with van der Waals surface area (Å²) in [5.41, 5.74) is 0. The molecule has 1 unspecified atom stereocenters. The fourth-order valence-corrected chi connectivity index (χ4v) is 3.88. The fourth-order valence-electron chi connectivity index (χ4n) is 2.20. The quantitative estimate of drug-likeness (QED) is 0.887. The largest absolute Gasteiger partial charge is 0.481 e. The predicted octanol–water partition coefficient (Wildman–Crippen LogP) is 0.849. The summed E-state index contributed by atoms with van der Waals surface area (Å²) in [7, 11) is -4.08. The van der Waals surface area contributed by atoms with Crippen LogP contribution in [0.1, 0.15) is 19.3 Å². The van der Waals surface area contributed by atoms with Crippen molar-refractivity contribution in [3.8, 4) is 0 Å². The third-order valence-corrected chi connectivity index (χ3v) is 4.90. The molecule has 2 rings (SSSR count). The van der Waals surface area contributed by atoms with Gasteiger partial charge in [-0.25, -0.2) is 17.8 Å². The van der Waals surface area contributed by atoms with Gasteiger partial charge in [0.25, 0.3) is 10.0 Å². The molecule has 1 atom stereocenters. The highest BCUT2D eigenvalue weighted by molar-refractivity contribution is 7.89. The van der Waals surface area contributed by atoms with Crippen LogP contribution in [0.2, 0.25) is 0 Å². The van der Waals surface area contributed by atoms with Crippen LogP contribution in [0, 0.1) is 5.82 Å². The van der Waals surface area contributed by atoms with E-state index < -0.39 is 32.9 Å². The number of carbonyl (C=O) groups is 1. The van der Waals surface area contributed by atoms with E-state index in [0.717, 1.165) is 10.4 Å². The summed E-state index contributed by atoms with van der Waals surface area (Å²) in [5, 5.41) is 8.13. The molecule has 0 amide bonds. The molecule has 0 bridgehead atoms. The van der Waals surface area contributed by atoms with Gasteiger partial charge in [0.2, 0.25) is 5.03 Å². The first kappa shape index (κ1) is 13.9. The first-order valence-corrected chi connectivity index (χ1v) is 7.21. The molecule has 1 aliphatic rings. The second-order valence-corrected chi connectivity index (χ2v) is 6.11. The van der Waals surface area contributed by atoms with Crippen molar-refractivity contribution in [3.05, 3.63) is 24.1 Å². The average molecular weight is 288 g/mol. The monoisotopic (exact) mass is 288 g/mol. The minimum absolute atomic E-state index is 0.191. The molecule has 104 valence electrons. The zero-order valence-corrected chi connectivity index (χ0v) is 10.8. The summed E-state index contributed by atoms with van der Waals surface area (Å²) in [5.74, 6) is -2.00. The summed E-state index contributed by atoms with van der Waals surface area (Å²) < 4.78 is 39.1. The molecule has 2 heterocycles. The van der Waals surface area contributed by atoms with Crippen LogP contribution in [0.4, 0.5) is 4.39 Å². The Balaban J connectivity index is 2.34. The third-order valence-electron chi connectivity index (χ3n) is 3.01. The summed E-state index contributed by atoms with van der Waals surface area (Å²) in [6.07, 6.45) is 1.93. The van der Waals surface area contributed by atoms with Gasteiger partial charge in [0.1, 0.15) is 0 Å². The smallest absolute Gasteiger partial charge is 0.304 e. The number of hydrogen-bond acceptors (Lipinski definition) is 4. The molecule has 0 aliphatic carbocycles. The molecule has 1 aromatic heterocycles. The number of aliphatic carboxylic acids is 1. The highest BCUT2D eigenvalue weighted by atomic mass is 32.2. The average Bonchev–Trinajstić information content (AvgIpc) is 2.77. The lowest BCUT2D eigenvalue weighted by Gasteiger charge is -2.22. The number of sulfonamides is 1. The number of carboxylic acids is 1. The Morgan fingerprint density at radius 1 is 1.58 bits per heavy atom. The van der Waals surface area contributed by atoms with Crippen molar-refractivity contribution in [2.75, 3.05) is 6.54 Å². The number of pyridine rings is 1. The van der Waals surface area contributed by atoms with Gasteiger partial charge in [0, 0.05) is 18.8 Å². The Labute approximate surface area is 109 Å². The zero-order valence-electron chi connectivity index (χ0n) is 9.99. The van der Waals surface area contributed by atoms with Crippen molar-refractivity contribution >= 4 is 16.0 Å². The maximum absolute atomic E-state index is 13.5. The maximum Gasteiger partial charge on any atom is 0.304 e. The van der Waals surface area contributed by atoms with Crippen LogP contribution in [0.3, 0.4) is 0 Å². The van der Waals surface area contributed by atoms with E-state index in [-0.39, 0.29) is 13.0 Å². The van der Waals surface area contributed by atoms with Crippen LogP contribution in [0.25, 0.3) is 0 Å². The van der Waals surface area contributed by atoms with E-state index in [4.69, 9.17) is 5.11 Å². The van der Waals surface area contributed by atoms with Gasteiger partial charge in [-0.1, -0.05) is 0 Å². The minimum Gasteiger partial charge on any atom is -0.481 e. The van der Waals surface area contributed by atoms with Crippen LogP contribution >= 0.6 is 0 Å². The summed E-state index contributed by atoms with van der Waals surface area (Å²) in [4.78, 5) is 14.3. The van der Waals surface area contributed by atoms with Crippen LogP contribution < -0.4 is 0 Å². The lowest BCUT2D eigenvalue weighted by Crippen LogP contribution is -2.37. The van der Waals surface area contributed by atoms with Crippen molar-refractivity contribution in [3.63, 3.8) is 0 Å². The molecule has 19 heavy (non-hydrogen) atoms. The maximum atomic E-state index is 13.5. The minimum atomic E-state index is -4.08. The normalized spacial score (nSPS) is 20.6. The molecule has 1 aromatic rings. The van der Waals surface area contributed by atoms with Crippen molar-refractivity contribution in [1.29, 1.82) is 0 Å². The van der Waals surface area contributed by atoms with E-state index >= 15 is 0 Å². The molecule has 6 nitrogen and oxygen atoms in total. The van der Waals surface area contributed by atoms with Gasteiger partial charge in [0.15, 0.2) is 5.82 Å². The number of rotatable bonds is 4.